The van der Waals surface area contributed by atoms with Crippen LogP contribution in [0.5, 0.6) is 5.75 Å². The van der Waals surface area contributed by atoms with Crippen molar-refractivity contribution in [3.8, 4) is 5.75 Å². The molecule has 0 aliphatic carbocycles. The van der Waals surface area contributed by atoms with E-state index in [0.29, 0.717) is 23.1 Å². The monoisotopic (exact) mass is 351 g/mol. The molecule has 24 heavy (non-hydrogen) atoms. The molecule has 1 fully saturated rings. The lowest BCUT2D eigenvalue weighted by molar-refractivity contribution is 0.0597. The molecule has 1 aromatic rings. The second kappa shape index (κ2) is 9.42. The smallest absolute Gasteiger partial charge is 0.341 e. The van der Waals surface area contributed by atoms with Gasteiger partial charge in [-0.2, -0.15) is 11.8 Å². The Morgan fingerprint density at radius 1 is 1.38 bits per heavy atom. The van der Waals surface area contributed by atoms with E-state index in [4.69, 9.17) is 9.47 Å². The molecular formula is C17H25N3O3S. The number of nitrogens with one attached hydrogen (secondary N) is 2. The minimum atomic E-state index is -0.405. The Labute approximate surface area is 147 Å². The van der Waals surface area contributed by atoms with Crippen LogP contribution in [0.2, 0.25) is 0 Å². The van der Waals surface area contributed by atoms with Gasteiger partial charge in [-0.1, -0.05) is 6.07 Å². The van der Waals surface area contributed by atoms with Crippen LogP contribution in [0.4, 0.5) is 0 Å². The summed E-state index contributed by atoms with van der Waals surface area (Å²) < 4.78 is 10.0. The number of thioether (sulfide) groups is 1. The number of esters is 1. The number of hydrogen-bond acceptors (Lipinski definition) is 5. The van der Waals surface area contributed by atoms with Gasteiger partial charge >= 0.3 is 5.97 Å². The SMILES string of the molecule is CN=C(NCc1ccc(C(=O)OC)c(OC)c1)NCC1CCCS1. The standard InChI is InChI=1S/C17H25N3O3S/c1-18-17(20-11-13-5-4-8-24-13)19-10-12-6-7-14(16(21)23-3)15(9-12)22-2/h6-7,9,13H,4-5,8,10-11H2,1-3H3,(H2,18,19,20). The van der Waals surface area contributed by atoms with Crippen molar-refractivity contribution in [1.82, 2.24) is 10.6 Å². The molecule has 7 heteroatoms. The maximum Gasteiger partial charge on any atom is 0.341 e. The first-order valence-corrected chi connectivity index (χ1v) is 9.04. The average molecular weight is 351 g/mol. The summed E-state index contributed by atoms with van der Waals surface area (Å²) >= 11 is 2.02. The van der Waals surface area contributed by atoms with Gasteiger partial charge in [0.2, 0.25) is 0 Å². The summed E-state index contributed by atoms with van der Waals surface area (Å²) in [5.74, 6) is 2.13. The number of aliphatic imine (C=N–C) groups is 1. The summed E-state index contributed by atoms with van der Waals surface area (Å²) in [7, 11) is 4.66. The summed E-state index contributed by atoms with van der Waals surface area (Å²) in [4.78, 5) is 15.9. The number of guanidine groups is 1. The van der Waals surface area contributed by atoms with Crippen molar-refractivity contribution in [2.75, 3.05) is 33.6 Å². The first kappa shape index (κ1) is 18.4. The number of benzene rings is 1. The number of methoxy groups -OCH3 is 2. The normalized spacial score (nSPS) is 17.5. The molecule has 0 radical (unpaired) electrons. The molecule has 0 saturated carbocycles. The lowest BCUT2D eigenvalue weighted by atomic mass is 10.1. The van der Waals surface area contributed by atoms with Crippen molar-refractivity contribution >= 4 is 23.7 Å². The molecule has 1 aromatic carbocycles. The van der Waals surface area contributed by atoms with Gasteiger partial charge < -0.3 is 20.1 Å². The highest BCUT2D eigenvalue weighted by Gasteiger charge is 2.16. The molecule has 6 nitrogen and oxygen atoms in total. The fraction of sp³-hybridized carbons (Fsp3) is 0.529. The molecular weight excluding hydrogens is 326 g/mol. The van der Waals surface area contributed by atoms with E-state index in [2.05, 4.69) is 15.6 Å². The minimum absolute atomic E-state index is 0.405. The highest BCUT2D eigenvalue weighted by molar-refractivity contribution is 8.00. The molecule has 1 atom stereocenters. The summed E-state index contributed by atoms with van der Waals surface area (Å²) in [6.45, 7) is 1.52. The molecule has 0 bridgehead atoms. The Morgan fingerprint density at radius 3 is 2.83 bits per heavy atom. The maximum absolute atomic E-state index is 11.7. The maximum atomic E-state index is 11.7. The lowest BCUT2D eigenvalue weighted by Crippen LogP contribution is -2.39. The van der Waals surface area contributed by atoms with Crippen LogP contribution in [0.25, 0.3) is 0 Å². The summed E-state index contributed by atoms with van der Waals surface area (Å²) in [6, 6.07) is 5.42. The fourth-order valence-corrected chi connectivity index (χ4v) is 3.75. The van der Waals surface area contributed by atoms with Crippen LogP contribution in [0, 0.1) is 0 Å². The van der Waals surface area contributed by atoms with Gasteiger partial charge in [-0.05, 0) is 36.3 Å². The molecule has 0 aromatic heterocycles. The number of ether oxygens (including phenoxy) is 2. The van der Waals surface area contributed by atoms with Crippen LogP contribution in [0.15, 0.2) is 23.2 Å². The molecule has 1 aliphatic rings. The number of carbonyl (C=O) groups excluding carboxylic acids is 1. The molecule has 1 aliphatic heterocycles. The second-order valence-corrected chi connectivity index (χ2v) is 6.88. The van der Waals surface area contributed by atoms with Crippen molar-refractivity contribution < 1.29 is 14.3 Å². The second-order valence-electron chi connectivity index (χ2n) is 5.47. The van der Waals surface area contributed by atoms with Crippen molar-refractivity contribution in [2.45, 2.75) is 24.6 Å². The Morgan fingerprint density at radius 2 is 2.21 bits per heavy atom. The van der Waals surface area contributed by atoms with Crippen LogP contribution in [0.1, 0.15) is 28.8 Å². The zero-order valence-corrected chi connectivity index (χ0v) is 15.2. The van der Waals surface area contributed by atoms with Crippen molar-refractivity contribution in [3.05, 3.63) is 29.3 Å². The van der Waals surface area contributed by atoms with Gasteiger partial charge in [-0.3, -0.25) is 4.99 Å². The topological polar surface area (TPSA) is 72.0 Å². The third kappa shape index (κ3) is 5.06. The van der Waals surface area contributed by atoms with E-state index in [9.17, 15) is 4.79 Å². The zero-order chi connectivity index (χ0) is 17.4. The first-order valence-electron chi connectivity index (χ1n) is 7.99. The van der Waals surface area contributed by atoms with Crippen molar-refractivity contribution in [3.63, 3.8) is 0 Å². The van der Waals surface area contributed by atoms with E-state index in [-0.39, 0.29) is 0 Å². The first-order chi connectivity index (χ1) is 11.7. The number of rotatable bonds is 6. The molecule has 1 unspecified atom stereocenters. The summed E-state index contributed by atoms with van der Waals surface area (Å²) in [5, 5.41) is 7.31. The van der Waals surface area contributed by atoms with Crippen LogP contribution < -0.4 is 15.4 Å². The largest absolute Gasteiger partial charge is 0.496 e. The molecule has 132 valence electrons. The Bertz CT molecular complexity index is 586. The van der Waals surface area contributed by atoms with E-state index in [0.717, 1.165) is 18.1 Å². The number of carbonyl (C=O) groups is 1. The molecule has 0 amide bonds. The number of hydrogen-bond donors (Lipinski definition) is 2. The van der Waals surface area contributed by atoms with E-state index in [1.165, 1.54) is 25.7 Å². The van der Waals surface area contributed by atoms with Gasteiger partial charge in [-0.15, -0.1) is 0 Å². The van der Waals surface area contributed by atoms with E-state index >= 15 is 0 Å². The predicted octanol–water partition coefficient (Wildman–Crippen LogP) is 2.04. The van der Waals surface area contributed by atoms with Gasteiger partial charge in [0, 0.05) is 25.4 Å². The van der Waals surface area contributed by atoms with Crippen LogP contribution in [-0.4, -0.2) is 50.7 Å². The van der Waals surface area contributed by atoms with Crippen molar-refractivity contribution in [2.24, 2.45) is 4.99 Å². The van der Waals surface area contributed by atoms with E-state index in [1.54, 1.807) is 20.2 Å². The molecule has 1 heterocycles. The van der Waals surface area contributed by atoms with Gasteiger partial charge in [0.1, 0.15) is 11.3 Å². The van der Waals surface area contributed by atoms with E-state index in [1.807, 2.05) is 23.9 Å². The Kier molecular flexibility index (Phi) is 7.24. The molecule has 1 saturated heterocycles. The minimum Gasteiger partial charge on any atom is -0.496 e. The van der Waals surface area contributed by atoms with Gasteiger partial charge in [-0.25, -0.2) is 4.79 Å². The molecule has 2 N–H and O–H groups in total. The third-order valence-electron chi connectivity index (χ3n) is 3.88. The van der Waals surface area contributed by atoms with Gasteiger partial charge in [0.25, 0.3) is 0 Å². The summed E-state index contributed by atoms with van der Waals surface area (Å²) in [6.07, 6.45) is 2.57. The predicted molar refractivity (Wildman–Crippen MR) is 98.0 cm³/mol. The van der Waals surface area contributed by atoms with E-state index < -0.39 is 5.97 Å². The fourth-order valence-electron chi connectivity index (χ4n) is 2.55. The Balaban J connectivity index is 1.91. The van der Waals surface area contributed by atoms with Crippen LogP contribution in [-0.2, 0) is 11.3 Å². The van der Waals surface area contributed by atoms with Gasteiger partial charge in [0.05, 0.1) is 14.2 Å². The van der Waals surface area contributed by atoms with Gasteiger partial charge in [0.15, 0.2) is 5.96 Å². The lowest BCUT2D eigenvalue weighted by Gasteiger charge is -2.15. The average Bonchev–Trinajstić information content (AvgIpc) is 3.14. The molecule has 0 spiro atoms. The number of nitrogens with zero attached hydrogens (tertiary/aromatic N) is 1. The summed E-state index contributed by atoms with van der Waals surface area (Å²) in [5.41, 5.74) is 1.42. The quantitative estimate of drug-likeness (QED) is 0.464. The Hall–Kier alpha value is -1.89. The zero-order valence-electron chi connectivity index (χ0n) is 14.4. The highest BCUT2D eigenvalue weighted by atomic mass is 32.2. The van der Waals surface area contributed by atoms with Crippen LogP contribution in [0.3, 0.4) is 0 Å². The molecule has 2 rings (SSSR count). The highest BCUT2D eigenvalue weighted by Crippen LogP contribution is 2.25. The van der Waals surface area contributed by atoms with Crippen LogP contribution >= 0.6 is 11.8 Å². The third-order valence-corrected chi connectivity index (χ3v) is 5.27. The van der Waals surface area contributed by atoms with Crippen molar-refractivity contribution in [1.29, 1.82) is 0 Å².